The number of benzene rings is 1. The smallest absolute Gasteiger partial charge is 0.315 e. The highest BCUT2D eigenvalue weighted by molar-refractivity contribution is 7.91. The van der Waals surface area contributed by atoms with Gasteiger partial charge in [0.1, 0.15) is 6.61 Å². The quantitative estimate of drug-likeness (QED) is 0.744. The van der Waals surface area contributed by atoms with Gasteiger partial charge < -0.3 is 20.1 Å². The summed E-state index contributed by atoms with van der Waals surface area (Å²) in [5.41, 5.74) is 0. The van der Waals surface area contributed by atoms with Gasteiger partial charge in [-0.25, -0.2) is 13.2 Å². The normalized spacial score (nSPS) is 19.4. The number of methoxy groups -OCH3 is 1. The number of carbonyl (C=O) groups excluding carboxylic acids is 1. The average Bonchev–Trinajstić information content (AvgIpc) is 2.83. The molecular weight excluding hydrogens is 308 g/mol. The first-order valence-electron chi connectivity index (χ1n) is 7.01. The molecule has 7 nitrogen and oxygen atoms in total. The summed E-state index contributed by atoms with van der Waals surface area (Å²) >= 11 is 0. The van der Waals surface area contributed by atoms with E-state index in [1.54, 1.807) is 19.2 Å². The maximum atomic E-state index is 11.6. The molecule has 0 bridgehead atoms. The summed E-state index contributed by atoms with van der Waals surface area (Å²) in [6, 6.07) is 6.55. The van der Waals surface area contributed by atoms with Crippen molar-refractivity contribution >= 4 is 15.9 Å². The van der Waals surface area contributed by atoms with Gasteiger partial charge in [-0.2, -0.15) is 0 Å². The fourth-order valence-electron chi connectivity index (χ4n) is 2.21. The van der Waals surface area contributed by atoms with Crippen molar-refractivity contribution in [1.82, 2.24) is 10.6 Å². The van der Waals surface area contributed by atoms with Crippen molar-refractivity contribution in [3.05, 3.63) is 24.3 Å². The monoisotopic (exact) mass is 328 g/mol. The van der Waals surface area contributed by atoms with Crippen LogP contribution in [0.3, 0.4) is 0 Å². The number of ether oxygens (including phenoxy) is 2. The van der Waals surface area contributed by atoms with Crippen molar-refractivity contribution in [2.75, 3.05) is 31.8 Å². The van der Waals surface area contributed by atoms with Crippen LogP contribution in [0.2, 0.25) is 0 Å². The first-order valence-corrected chi connectivity index (χ1v) is 8.83. The second kappa shape index (κ2) is 7.35. The molecular formula is C14H20N2O5S. The third-order valence-electron chi connectivity index (χ3n) is 3.28. The Labute approximate surface area is 129 Å². The fourth-order valence-corrected chi connectivity index (χ4v) is 3.88. The Morgan fingerprint density at radius 3 is 2.68 bits per heavy atom. The lowest BCUT2D eigenvalue weighted by atomic mass is 10.3. The SMILES string of the molecule is COc1ccccc1OCCNC(=O)N[C@H]1CCS(=O)(=O)C1. The Morgan fingerprint density at radius 2 is 2.05 bits per heavy atom. The van der Waals surface area contributed by atoms with Crippen molar-refractivity contribution in [2.45, 2.75) is 12.5 Å². The maximum absolute atomic E-state index is 11.6. The zero-order chi connectivity index (χ0) is 16.0. The molecule has 0 spiro atoms. The number of rotatable bonds is 6. The Morgan fingerprint density at radius 1 is 1.32 bits per heavy atom. The van der Waals surface area contributed by atoms with Crippen LogP contribution in [0.25, 0.3) is 0 Å². The summed E-state index contributed by atoms with van der Waals surface area (Å²) in [5, 5.41) is 5.28. The van der Waals surface area contributed by atoms with E-state index < -0.39 is 9.84 Å². The Hall–Kier alpha value is -1.96. The molecule has 0 radical (unpaired) electrons. The molecule has 1 heterocycles. The van der Waals surface area contributed by atoms with Crippen LogP contribution in [0.1, 0.15) is 6.42 Å². The van der Waals surface area contributed by atoms with Crippen molar-refractivity contribution in [3.8, 4) is 11.5 Å². The van der Waals surface area contributed by atoms with Crippen LogP contribution < -0.4 is 20.1 Å². The first kappa shape index (κ1) is 16.4. The van der Waals surface area contributed by atoms with Crippen molar-refractivity contribution in [3.63, 3.8) is 0 Å². The van der Waals surface area contributed by atoms with E-state index in [1.807, 2.05) is 12.1 Å². The van der Waals surface area contributed by atoms with Crippen LogP contribution in [0.5, 0.6) is 11.5 Å². The minimum Gasteiger partial charge on any atom is -0.493 e. The summed E-state index contributed by atoms with van der Waals surface area (Å²) in [6.07, 6.45) is 0.466. The molecule has 2 rings (SSSR count). The molecule has 22 heavy (non-hydrogen) atoms. The van der Waals surface area contributed by atoms with E-state index in [1.165, 1.54) is 0 Å². The van der Waals surface area contributed by atoms with Gasteiger partial charge in [0.25, 0.3) is 0 Å². The lowest BCUT2D eigenvalue weighted by Crippen LogP contribution is -2.43. The highest BCUT2D eigenvalue weighted by Crippen LogP contribution is 2.25. The molecule has 8 heteroatoms. The van der Waals surface area contributed by atoms with Gasteiger partial charge in [0, 0.05) is 6.04 Å². The van der Waals surface area contributed by atoms with Gasteiger partial charge >= 0.3 is 6.03 Å². The largest absolute Gasteiger partial charge is 0.493 e. The number of sulfone groups is 1. The number of para-hydroxylation sites is 2. The predicted octanol–water partition coefficient (Wildman–Crippen LogP) is 0.560. The molecule has 0 saturated carbocycles. The van der Waals surface area contributed by atoms with Crippen molar-refractivity contribution < 1.29 is 22.7 Å². The lowest BCUT2D eigenvalue weighted by molar-refractivity contribution is 0.233. The van der Waals surface area contributed by atoms with Crippen LogP contribution in [-0.4, -0.2) is 52.3 Å². The topological polar surface area (TPSA) is 93.7 Å². The van der Waals surface area contributed by atoms with E-state index in [2.05, 4.69) is 10.6 Å². The summed E-state index contributed by atoms with van der Waals surface area (Å²) in [7, 11) is -1.43. The van der Waals surface area contributed by atoms with Crippen LogP contribution in [0.15, 0.2) is 24.3 Å². The minimum atomic E-state index is -2.99. The minimum absolute atomic E-state index is 0.0120. The molecule has 2 amide bonds. The fraction of sp³-hybridized carbons (Fsp3) is 0.500. The second-order valence-corrected chi connectivity index (χ2v) is 7.23. The van der Waals surface area contributed by atoms with Crippen LogP contribution in [0.4, 0.5) is 4.79 Å². The van der Waals surface area contributed by atoms with Gasteiger partial charge in [-0.05, 0) is 18.6 Å². The predicted molar refractivity (Wildman–Crippen MR) is 82.1 cm³/mol. The third kappa shape index (κ3) is 4.80. The molecule has 1 aromatic carbocycles. The zero-order valence-electron chi connectivity index (χ0n) is 12.4. The lowest BCUT2D eigenvalue weighted by Gasteiger charge is -2.13. The van der Waals surface area contributed by atoms with E-state index in [4.69, 9.17) is 9.47 Å². The number of hydrogen-bond acceptors (Lipinski definition) is 5. The number of hydrogen-bond donors (Lipinski definition) is 2. The van der Waals surface area contributed by atoms with Gasteiger partial charge in [0.15, 0.2) is 21.3 Å². The molecule has 1 saturated heterocycles. The summed E-state index contributed by atoms with van der Waals surface area (Å²) in [5.74, 6) is 1.38. The van der Waals surface area contributed by atoms with Gasteiger partial charge in [-0.15, -0.1) is 0 Å². The summed E-state index contributed by atoms with van der Waals surface area (Å²) < 4.78 is 33.3. The molecule has 0 aromatic heterocycles. The number of nitrogens with one attached hydrogen (secondary N) is 2. The first-order chi connectivity index (χ1) is 10.5. The third-order valence-corrected chi connectivity index (χ3v) is 5.05. The van der Waals surface area contributed by atoms with E-state index >= 15 is 0 Å². The Bertz CT molecular complexity index is 617. The highest BCUT2D eigenvalue weighted by Gasteiger charge is 2.28. The van der Waals surface area contributed by atoms with Gasteiger partial charge in [0.05, 0.1) is 25.2 Å². The Kier molecular flexibility index (Phi) is 5.48. The van der Waals surface area contributed by atoms with Crippen LogP contribution in [0, 0.1) is 0 Å². The van der Waals surface area contributed by atoms with E-state index in [0.717, 1.165) is 0 Å². The summed E-state index contributed by atoms with van der Waals surface area (Å²) in [4.78, 5) is 11.6. The molecule has 1 atom stereocenters. The molecule has 1 aromatic rings. The Balaban J connectivity index is 1.67. The van der Waals surface area contributed by atoms with Gasteiger partial charge in [0.2, 0.25) is 0 Å². The van der Waals surface area contributed by atoms with E-state index in [0.29, 0.717) is 24.5 Å². The molecule has 0 aliphatic carbocycles. The van der Waals surface area contributed by atoms with Crippen molar-refractivity contribution in [1.29, 1.82) is 0 Å². The molecule has 122 valence electrons. The molecule has 1 aliphatic rings. The summed E-state index contributed by atoms with van der Waals surface area (Å²) in [6.45, 7) is 0.597. The van der Waals surface area contributed by atoms with E-state index in [-0.39, 0.29) is 30.2 Å². The van der Waals surface area contributed by atoms with E-state index in [9.17, 15) is 13.2 Å². The molecule has 1 fully saturated rings. The molecule has 1 aliphatic heterocycles. The second-order valence-electron chi connectivity index (χ2n) is 5.00. The highest BCUT2D eigenvalue weighted by atomic mass is 32.2. The standard InChI is InChI=1S/C14H20N2O5S/c1-20-12-4-2-3-5-13(12)21-8-7-15-14(17)16-11-6-9-22(18,19)10-11/h2-5,11H,6-10H2,1H3,(H2,15,16,17)/t11-/m0/s1. The van der Waals surface area contributed by atoms with Crippen LogP contribution in [-0.2, 0) is 9.84 Å². The number of carbonyl (C=O) groups is 1. The molecule has 2 N–H and O–H groups in total. The average molecular weight is 328 g/mol. The number of amides is 2. The number of urea groups is 1. The van der Waals surface area contributed by atoms with Gasteiger partial charge in [-0.3, -0.25) is 0 Å². The maximum Gasteiger partial charge on any atom is 0.315 e. The molecule has 0 unspecified atom stereocenters. The zero-order valence-corrected chi connectivity index (χ0v) is 13.2. The van der Waals surface area contributed by atoms with Gasteiger partial charge in [-0.1, -0.05) is 12.1 Å². The van der Waals surface area contributed by atoms with Crippen molar-refractivity contribution in [2.24, 2.45) is 0 Å². The van der Waals surface area contributed by atoms with Crippen LogP contribution >= 0.6 is 0 Å².